The van der Waals surface area contributed by atoms with Gasteiger partial charge in [-0.25, -0.2) is 18.0 Å². The third-order valence-corrected chi connectivity index (χ3v) is 6.35. The summed E-state index contributed by atoms with van der Waals surface area (Å²) in [5, 5.41) is 0. The van der Waals surface area contributed by atoms with Crippen LogP contribution in [0.15, 0.2) is 47.3 Å². The van der Waals surface area contributed by atoms with Gasteiger partial charge in [0.15, 0.2) is 23.2 Å². The van der Waals surface area contributed by atoms with Gasteiger partial charge < -0.3 is 19.1 Å². The maximum atomic E-state index is 14.5. The first-order valence-corrected chi connectivity index (χ1v) is 10.5. The van der Waals surface area contributed by atoms with Crippen molar-refractivity contribution in [3.63, 3.8) is 0 Å². The zero-order chi connectivity index (χ0) is 22.7. The summed E-state index contributed by atoms with van der Waals surface area (Å²) < 4.78 is 59.2. The van der Waals surface area contributed by atoms with E-state index in [-0.39, 0.29) is 35.6 Å². The lowest BCUT2D eigenvalue weighted by Gasteiger charge is -2.32. The number of hydrogen-bond acceptors (Lipinski definition) is 6. The molecule has 2 atom stereocenters. The van der Waals surface area contributed by atoms with Gasteiger partial charge in [0, 0.05) is 25.1 Å². The fraction of sp³-hybridized carbons (Fsp3) is 0.304. The van der Waals surface area contributed by atoms with E-state index < -0.39 is 23.1 Å². The van der Waals surface area contributed by atoms with Gasteiger partial charge >= 0.3 is 5.69 Å². The second-order valence-corrected chi connectivity index (χ2v) is 8.52. The molecule has 0 radical (unpaired) electrons. The van der Waals surface area contributed by atoms with Gasteiger partial charge in [-0.05, 0) is 29.8 Å². The lowest BCUT2D eigenvalue weighted by molar-refractivity contribution is 0.0856. The monoisotopic (exact) mass is 457 g/mol. The standard InChI is InChI=1S/C23H18F3N3O4/c24-16-3-2-14(6-17(16)25)33-19-4-1-13(5-18(19)26)10-31-20-7-21-28(22(30)27-20)11-23-8-15(32-12-23)9-29(21)23/h1-7,15H,8-12H2/t15-,23+/m0/s1. The van der Waals surface area contributed by atoms with Crippen molar-refractivity contribution in [2.75, 3.05) is 18.1 Å². The van der Waals surface area contributed by atoms with Gasteiger partial charge in [-0.1, -0.05) is 6.07 Å². The van der Waals surface area contributed by atoms with Crippen LogP contribution in [-0.4, -0.2) is 34.3 Å². The molecule has 2 fully saturated rings. The third kappa shape index (κ3) is 3.32. The van der Waals surface area contributed by atoms with Crippen molar-refractivity contribution in [3.8, 4) is 17.4 Å². The Kier molecular flexibility index (Phi) is 4.41. The number of halogens is 3. The topological polar surface area (TPSA) is 65.8 Å². The van der Waals surface area contributed by atoms with Gasteiger partial charge in [0.25, 0.3) is 0 Å². The Morgan fingerprint density at radius 1 is 1.09 bits per heavy atom. The average molecular weight is 457 g/mol. The molecule has 3 aliphatic heterocycles. The van der Waals surface area contributed by atoms with Crippen LogP contribution in [-0.2, 0) is 17.9 Å². The minimum absolute atomic E-state index is 0.0187. The first-order chi connectivity index (χ1) is 15.9. The summed E-state index contributed by atoms with van der Waals surface area (Å²) in [7, 11) is 0. The van der Waals surface area contributed by atoms with Gasteiger partial charge in [-0.15, -0.1) is 0 Å². The molecule has 170 valence electrons. The van der Waals surface area contributed by atoms with Crippen molar-refractivity contribution >= 4 is 5.82 Å². The Balaban J connectivity index is 1.17. The van der Waals surface area contributed by atoms with Gasteiger partial charge in [-0.3, -0.25) is 4.57 Å². The number of ether oxygens (including phenoxy) is 3. The number of anilines is 1. The van der Waals surface area contributed by atoms with E-state index in [1.807, 2.05) is 0 Å². The highest BCUT2D eigenvalue weighted by atomic mass is 19.2. The fourth-order valence-corrected chi connectivity index (χ4v) is 4.80. The molecule has 2 saturated heterocycles. The molecule has 3 aliphatic rings. The van der Waals surface area contributed by atoms with Crippen molar-refractivity contribution in [2.24, 2.45) is 0 Å². The van der Waals surface area contributed by atoms with E-state index in [1.54, 1.807) is 16.7 Å². The molecule has 4 heterocycles. The Bertz CT molecular complexity index is 1330. The van der Waals surface area contributed by atoms with Crippen LogP contribution < -0.4 is 20.1 Å². The number of hydrogen-bond donors (Lipinski definition) is 0. The molecule has 7 nitrogen and oxygen atoms in total. The highest BCUT2D eigenvalue weighted by Gasteiger charge is 2.56. The Morgan fingerprint density at radius 2 is 1.97 bits per heavy atom. The second kappa shape index (κ2) is 7.24. The van der Waals surface area contributed by atoms with Crippen LogP contribution >= 0.6 is 0 Å². The van der Waals surface area contributed by atoms with Crippen LogP contribution in [0.3, 0.4) is 0 Å². The van der Waals surface area contributed by atoms with E-state index in [9.17, 15) is 18.0 Å². The highest BCUT2D eigenvalue weighted by molar-refractivity contribution is 5.52. The molecule has 6 rings (SSSR count). The molecule has 0 aliphatic carbocycles. The molecule has 0 amide bonds. The zero-order valence-corrected chi connectivity index (χ0v) is 17.3. The van der Waals surface area contributed by atoms with Gasteiger partial charge in [-0.2, -0.15) is 4.98 Å². The van der Waals surface area contributed by atoms with E-state index in [1.165, 1.54) is 18.2 Å². The Morgan fingerprint density at radius 3 is 2.76 bits per heavy atom. The van der Waals surface area contributed by atoms with Crippen molar-refractivity contribution in [2.45, 2.75) is 31.2 Å². The number of nitrogens with zero attached hydrogens (tertiary/aromatic N) is 3. The molecule has 0 saturated carbocycles. The first kappa shape index (κ1) is 20.1. The quantitative estimate of drug-likeness (QED) is 0.585. The van der Waals surface area contributed by atoms with Crippen LogP contribution in [0.25, 0.3) is 0 Å². The molecule has 0 N–H and O–H groups in total. The molecule has 0 unspecified atom stereocenters. The van der Waals surface area contributed by atoms with Crippen LogP contribution in [0.2, 0.25) is 0 Å². The number of rotatable bonds is 5. The molecule has 2 aromatic carbocycles. The van der Waals surface area contributed by atoms with Crippen molar-refractivity contribution in [3.05, 3.63) is 76.0 Å². The fourth-order valence-electron chi connectivity index (χ4n) is 4.80. The van der Waals surface area contributed by atoms with E-state index in [0.29, 0.717) is 18.7 Å². The summed E-state index contributed by atoms with van der Waals surface area (Å²) in [6, 6.07) is 8.82. The minimum Gasteiger partial charge on any atom is -0.473 e. The van der Waals surface area contributed by atoms with Crippen LogP contribution in [0.5, 0.6) is 17.4 Å². The predicted molar refractivity (Wildman–Crippen MR) is 110 cm³/mol. The van der Waals surface area contributed by atoms with E-state index >= 15 is 0 Å². The van der Waals surface area contributed by atoms with Gasteiger partial charge in [0.2, 0.25) is 5.88 Å². The smallest absolute Gasteiger partial charge is 0.352 e. The van der Waals surface area contributed by atoms with Crippen molar-refractivity contribution < 1.29 is 27.4 Å². The highest BCUT2D eigenvalue weighted by Crippen LogP contribution is 2.46. The zero-order valence-electron chi connectivity index (χ0n) is 17.3. The summed E-state index contributed by atoms with van der Waals surface area (Å²) in [5.41, 5.74) is -0.0856. The second-order valence-electron chi connectivity index (χ2n) is 8.52. The maximum Gasteiger partial charge on any atom is 0.352 e. The lowest BCUT2D eigenvalue weighted by Crippen LogP contribution is -2.46. The number of benzene rings is 2. The summed E-state index contributed by atoms with van der Waals surface area (Å²) in [5.74, 6) is -2.05. The summed E-state index contributed by atoms with van der Waals surface area (Å²) in [6.45, 7) is 1.85. The molecule has 33 heavy (non-hydrogen) atoms. The third-order valence-electron chi connectivity index (χ3n) is 6.35. The largest absolute Gasteiger partial charge is 0.473 e. The van der Waals surface area contributed by atoms with E-state index in [0.717, 1.165) is 30.9 Å². The molecule has 1 spiro atoms. The Labute approximate surface area is 185 Å². The number of morpholine rings is 1. The normalized spacial score (nSPS) is 22.4. The van der Waals surface area contributed by atoms with Gasteiger partial charge in [0.1, 0.15) is 18.2 Å². The molecular weight excluding hydrogens is 439 g/mol. The van der Waals surface area contributed by atoms with Crippen LogP contribution in [0, 0.1) is 17.5 Å². The predicted octanol–water partition coefficient (Wildman–Crippen LogP) is 3.39. The van der Waals surface area contributed by atoms with Gasteiger partial charge in [0.05, 0.1) is 24.8 Å². The molecular formula is C23H18F3N3O4. The molecule has 10 heteroatoms. The lowest BCUT2D eigenvalue weighted by atomic mass is 10.0. The number of aromatic nitrogens is 2. The molecule has 1 aromatic heterocycles. The van der Waals surface area contributed by atoms with E-state index in [2.05, 4.69) is 9.88 Å². The van der Waals surface area contributed by atoms with Crippen molar-refractivity contribution in [1.29, 1.82) is 0 Å². The summed E-state index contributed by atoms with van der Waals surface area (Å²) in [4.78, 5) is 18.7. The van der Waals surface area contributed by atoms with E-state index in [4.69, 9.17) is 14.2 Å². The Hall–Kier alpha value is -3.53. The SMILES string of the molecule is O=c1nc(OCc2ccc(Oc3ccc(F)c(F)c3)c(F)c2)cc2n1C[C@]13CO[C@H](CN21)C3. The maximum absolute atomic E-state index is 14.5. The van der Waals surface area contributed by atoms with Crippen molar-refractivity contribution in [1.82, 2.24) is 9.55 Å². The van der Waals surface area contributed by atoms with Crippen LogP contribution in [0.1, 0.15) is 12.0 Å². The summed E-state index contributed by atoms with van der Waals surface area (Å²) >= 11 is 0. The first-order valence-electron chi connectivity index (χ1n) is 10.5. The molecule has 2 bridgehead atoms. The minimum atomic E-state index is -1.09. The number of fused-ring (bicyclic) bond motifs is 3. The molecule has 3 aromatic rings. The average Bonchev–Trinajstić information content (AvgIpc) is 3.45. The van der Waals surface area contributed by atoms with Crippen LogP contribution in [0.4, 0.5) is 19.0 Å². The summed E-state index contributed by atoms with van der Waals surface area (Å²) in [6.07, 6.45) is 1.07.